The van der Waals surface area contributed by atoms with Crippen molar-refractivity contribution in [2.24, 2.45) is 0 Å². The predicted octanol–water partition coefficient (Wildman–Crippen LogP) is -0.292. The van der Waals surface area contributed by atoms with Crippen LogP contribution in [0.4, 0.5) is 0 Å². The molecule has 1 rings (SSSR count). The lowest BCUT2D eigenvalue weighted by Gasteiger charge is -2.21. The number of aliphatic hydroxyl groups is 1. The highest BCUT2D eigenvalue weighted by molar-refractivity contribution is 8.93. The van der Waals surface area contributed by atoms with Gasteiger partial charge in [-0.25, -0.2) is 0 Å². The fraction of sp³-hybridized carbons (Fsp3) is 0.455. The van der Waals surface area contributed by atoms with E-state index < -0.39 is 5.97 Å². The summed E-state index contributed by atoms with van der Waals surface area (Å²) in [5.41, 5.74) is 0.109. The van der Waals surface area contributed by atoms with Crippen LogP contribution in [0.3, 0.4) is 0 Å². The van der Waals surface area contributed by atoms with Crippen LogP contribution in [0.2, 0.25) is 0 Å². The van der Waals surface area contributed by atoms with Gasteiger partial charge in [-0.05, 0) is 6.07 Å². The summed E-state index contributed by atoms with van der Waals surface area (Å²) in [5.74, 6) is -1.19. The average molecular weight is 307 g/mol. The number of hydrogen-bond donors (Lipinski definition) is 1. The molecular weight excluding hydrogens is 288 g/mol. The molecule has 0 saturated heterocycles. The molecule has 0 spiro atoms. The molecule has 0 aliphatic carbocycles. The summed E-state index contributed by atoms with van der Waals surface area (Å²) in [4.78, 5) is 13.6. The van der Waals surface area contributed by atoms with Gasteiger partial charge in [0.25, 0.3) is 0 Å². The monoisotopic (exact) mass is 306 g/mol. The van der Waals surface area contributed by atoms with E-state index in [-0.39, 0.29) is 29.2 Å². The summed E-state index contributed by atoms with van der Waals surface area (Å²) < 4.78 is 0.844. The smallest absolute Gasteiger partial charge is 0.101 e. The zero-order valence-corrected chi connectivity index (χ0v) is 12.0. The fourth-order valence-electron chi connectivity index (χ4n) is 0.784. The molecule has 0 unspecified atom stereocenters. The lowest BCUT2D eigenvalue weighted by molar-refractivity contribution is -0.870. The van der Waals surface area contributed by atoms with Crippen molar-refractivity contribution in [1.82, 2.24) is 4.98 Å². The molecule has 0 saturated carbocycles. The second-order valence-electron chi connectivity index (χ2n) is 4.27. The van der Waals surface area contributed by atoms with Crippen LogP contribution in [0.1, 0.15) is 10.4 Å². The van der Waals surface area contributed by atoms with Crippen molar-refractivity contribution in [3.8, 4) is 0 Å². The molecule has 1 aromatic heterocycles. The number of carboxylic acids is 1. The molecule has 0 atom stereocenters. The number of carboxylic acid groups (broad SMARTS) is 1. The Labute approximate surface area is 112 Å². The van der Waals surface area contributed by atoms with Gasteiger partial charge in [0.2, 0.25) is 0 Å². The van der Waals surface area contributed by atoms with Gasteiger partial charge >= 0.3 is 0 Å². The van der Waals surface area contributed by atoms with Crippen molar-refractivity contribution < 1.29 is 19.5 Å². The molecule has 1 heterocycles. The first-order valence-corrected chi connectivity index (χ1v) is 4.89. The third-order valence-electron chi connectivity index (χ3n) is 1.67. The van der Waals surface area contributed by atoms with E-state index in [1.165, 1.54) is 18.5 Å². The largest absolute Gasteiger partial charge is 0.545 e. The number of halogens is 1. The topological polar surface area (TPSA) is 73.2 Å². The molecule has 0 amide bonds. The van der Waals surface area contributed by atoms with E-state index in [1.54, 1.807) is 6.07 Å². The Morgan fingerprint density at radius 1 is 1.47 bits per heavy atom. The van der Waals surface area contributed by atoms with Crippen molar-refractivity contribution in [2.75, 3.05) is 34.3 Å². The third-order valence-corrected chi connectivity index (χ3v) is 1.67. The second kappa shape index (κ2) is 9.09. The van der Waals surface area contributed by atoms with Gasteiger partial charge < -0.3 is 19.5 Å². The standard InChI is InChI=1S/C6H5NO2.C5H14NO.BrH/c8-6(9)5-2-1-3-7-4-5;1-6(2,3)4-5-7;/h1-4H,(H,8,9);7H,4-5H2,1-3H3;1H/q;+1;/p-1. The SMILES string of the molecule is Br.C[N+](C)(C)CCO.O=C([O-])c1cccnc1. The Balaban J connectivity index is 0. The van der Waals surface area contributed by atoms with Gasteiger partial charge in [-0.3, -0.25) is 4.98 Å². The van der Waals surface area contributed by atoms with E-state index in [0.717, 1.165) is 11.0 Å². The van der Waals surface area contributed by atoms with Crippen molar-refractivity contribution in [1.29, 1.82) is 0 Å². The minimum Gasteiger partial charge on any atom is -0.545 e. The average Bonchev–Trinajstić information content (AvgIpc) is 2.18. The Morgan fingerprint density at radius 3 is 2.24 bits per heavy atom. The molecule has 17 heavy (non-hydrogen) atoms. The molecule has 0 radical (unpaired) electrons. The first-order valence-electron chi connectivity index (χ1n) is 4.89. The van der Waals surface area contributed by atoms with Crippen molar-refractivity contribution in [2.45, 2.75) is 0 Å². The number of rotatable bonds is 3. The molecule has 0 bridgehead atoms. The Hall–Kier alpha value is -0.980. The highest BCUT2D eigenvalue weighted by Gasteiger charge is 2.02. The van der Waals surface area contributed by atoms with E-state index in [0.29, 0.717) is 0 Å². The van der Waals surface area contributed by atoms with E-state index >= 15 is 0 Å². The number of nitrogens with zero attached hydrogens (tertiary/aromatic N) is 2. The van der Waals surface area contributed by atoms with Gasteiger partial charge in [0.05, 0.1) is 33.7 Å². The number of pyridine rings is 1. The molecule has 6 heteroatoms. The van der Waals surface area contributed by atoms with Crippen LogP contribution in [-0.4, -0.2) is 54.8 Å². The van der Waals surface area contributed by atoms with Gasteiger partial charge in [0.15, 0.2) is 0 Å². The lowest BCUT2D eigenvalue weighted by atomic mass is 10.3. The number of aromatic nitrogens is 1. The van der Waals surface area contributed by atoms with Gasteiger partial charge in [-0.2, -0.15) is 0 Å². The minimum absolute atomic E-state index is 0. The van der Waals surface area contributed by atoms with E-state index in [9.17, 15) is 9.90 Å². The van der Waals surface area contributed by atoms with E-state index in [2.05, 4.69) is 26.1 Å². The van der Waals surface area contributed by atoms with E-state index in [4.69, 9.17) is 5.11 Å². The van der Waals surface area contributed by atoms with Crippen LogP contribution in [0.25, 0.3) is 0 Å². The highest BCUT2D eigenvalue weighted by atomic mass is 79.9. The maximum atomic E-state index is 10.0. The molecule has 0 aliphatic heterocycles. The first kappa shape index (κ1) is 18.4. The molecule has 0 fully saturated rings. The zero-order chi connectivity index (χ0) is 12.6. The fourth-order valence-corrected chi connectivity index (χ4v) is 0.784. The third kappa shape index (κ3) is 11.3. The summed E-state index contributed by atoms with van der Waals surface area (Å²) in [6, 6.07) is 2.98. The predicted molar refractivity (Wildman–Crippen MR) is 68.9 cm³/mol. The summed E-state index contributed by atoms with van der Waals surface area (Å²) in [5, 5.41) is 18.4. The lowest BCUT2D eigenvalue weighted by Crippen LogP contribution is -2.36. The zero-order valence-electron chi connectivity index (χ0n) is 10.3. The summed E-state index contributed by atoms with van der Waals surface area (Å²) in [7, 11) is 6.16. The molecule has 1 N–H and O–H groups in total. The van der Waals surface area contributed by atoms with Crippen molar-refractivity contribution >= 4 is 23.0 Å². The number of aliphatic hydroxyl groups excluding tert-OH is 1. The van der Waals surface area contributed by atoms with Crippen LogP contribution < -0.4 is 5.11 Å². The maximum Gasteiger partial charge on any atom is 0.101 e. The first-order chi connectivity index (χ1) is 7.37. The molecule has 5 nitrogen and oxygen atoms in total. The number of aromatic carboxylic acids is 1. The molecule has 0 aromatic carbocycles. The number of hydrogen-bond acceptors (Lipinski definition) is 4. The Bertz CT molecular complexity index is 312. The summed E-state index contributed by atoms with van der Waals surface area (Å²) >= 11 is 0. The Kier molecular flexibility index (Phi) is 9.83. The van der Waals surface area contributed by atoms with Gasteiger partial charge in [-0.15, -0.1) is 17.0 Å². The van der Waals surface area contributed by atoms with Crippen molar-refractivity contribution in [3.63, 3.8) is 0 Å². The number of carbonyl (C=O) groups excluding carboxylic acids is 1. The maximum absolute atomic E-state index is 10.0. The molecule has 98 valence electrons. The quantitative estimate of drug-likeness (QED) is 0.779. The molecule has 1 aromatic rings. The number of likely N-dealkylation sites (N-methyl/N-ethyl adjacent to an activating group) is 1. The van der Waals surface area contributed by atoms with Crippen LogP contribution in [-0.2, 0) is 0 Å². The van der Waals surface area contributed by atoms with Crippen LogP contribution in [0.15, 0.2) is 24.5 Å². The normalized spacial score (nSPS) is 9.65. The van der Waals surface area contributed by atoms with Crippen LogP contribution >= 0.6 is 17.0 Å². The van der Waals surface area contributed by atoms with Crippen LogP contribution in [0, 0.1) is 0 Å². The Morgan fingerprint density at radius 2 is 2.06 bits per heavy atom. The van der Waals surface area contributed by atoms with E-state index in [1.807, 2.05) is 0 Å². The van der Waals surface area contributed by atoms with Crippen LogP contribution in [0.5, 0.6) is 0 Å². The van der Waals surface area contributed by atoms with Gasteiger partial charge in [0.1, 0.15) is 6.54 Å². The van der Waals surface area contributed by atoms with Crippen molar-refractivity contribution in [3.05, 3.63) is 30.1 Å². The number of quaternary nitrogens is 1. The van der Waals surface area contributed by atoms with Gasteiger partial charge in [-0.1, -0.05) is 6.07 Å². The number of carbonyl (C=O) groups is 1. The highest BCUT2D eigenvalue weighted by Crippen LogP contribution is 1.90. The molecule has 0 aliphatic rings. The second-order valence-corrected chi connectivity index (χ2v) is 4.27. The van der Waals surface area contributed by atoms with Gasteiger partial charge in [0, 0.05) is 18.0 Å². The minimum atomic E-state index is -1.19. The molecular formula is C11H19BrN2O3. The summed E-state index contributed by atoms with van der Waals surface area (Å²) in [6.45, 7) is 1.11. The summed E-state index contributed by atoms with van der Waals surface area (Å²) in [6.07, 6.45) is 2.75.